The van der Waals surface area contributed by atoms with E-state index in [0.29, 0.717) is 44.2 Å². The Morgan fingerprint density at radius 3 is 1.41 bits per heavy atom. The van der Waals surface area contributed by atoms with Crippen molar-refractivity contribution in [2.45, 2.75) is 23.5 Å². The second kappa shape index (κ2) is 14.1. The summed E-state index contributed by atoms with van der Waals surface area (Å²) in [6.45, 7) is 0. The maximum atomic E-state index is 13.2. The molecule has 0 spiro atoms. The fraction of sp³-hybridized carbons (Fsp3) is 0.118. The number of ether oxygens (including phenoxy) is 1. The van der Waals surface area contributed by atoms with Gasteiger partial charge in [0.1, 0.15) is 22.7 Å². The van der Waals surface area contributed by atoms with Gasteiger partial charge in [0.05, 0.1) is 19.9 Å². The highest BCUT2D eigenvalue weighted by Gasteiger charge is 2.21. The van der Waals surface area contributed by atoms with E-state index in [9.17, 15) is 29.8 Å². The molecule has 4 aromatic carbocycles. The Morgan fingerprint density at radius 1 is 0.633 bits per heavy atom. The average molecular weight is 831 g/mol. The van der Waals surface area contributed by atoms with Gasteiger partial charge in [-0.15, -0.1) is 0 Å². The van der Waals surface area contributed by atoms with Crippen LogP contribution in [0.3, 0.4) is 0 Å². The largest absolute Gasteiger partial charge is 0.454 e. The number of nitro groups is 2. The van der Waals surface area contributed by atoms with Gasteiger partial charge in [0, 0.05) is 81.8 Å². The average Bonchev–Trinajstić information content (AvgIpc) is 3.07. The molecule has 0 aliphatic heterocycles. The summed E-state index contributed by atoms with van der Waals surface area (Å²) in [6, 6.07) is 18.1. The second-order valence-electron chi connectivity index (χ2n) is 10.8. The number of nitrogens with zero attached hydrogens (tertiary/aromatic N) is 2. The van der Waals surface area contributed by atoms with E-state index >= 15 is 0 Å². The zero-order chi connectivity index (χ0) is 35.0. The normalized spacial score (nSPS) is 11.3. The fourth-order valence-electron chi connectivity index (χ4n) is 5.51. The SMILES string of the molecule is O=c1oc2cc(Oc3cc4oc(=O)c(Cc5cccc([N+](=O)[O-])c5)c(CBr)c4cc3Cl)c(Cl)cc2c(CBr)c1Cc1cccc([N+](=O)[O-])c1. The van der Waals surface area contributed by atoms with Gasteiger partial charge in [-0.25, -0.2) is 9.59 Å². The van der Waals surface area contributed by atoms with Crippen LogP contribution in [0.15, 0.2) is 91.2 Å². The van der Waals surface area contributed by atoms with E-state index in [-0.39, 0.29) is 67.6 Å². The van der Waals surface area contributed by atoms with Crippen LogP contribution < -0.4 is 16.0 Å². The highest BCUT2D eigenvalue weighted by atomic mass is 79.9. The van der Waals surface area contributed by atoms with Crippen LogP contribution in [0.4, 0.5) is 11.4 Å². The predicted molar refractivity (Wildman–Crippen MR) is 192 cm³/mol. The Morgan fingerprint density at radius 2 is 1.04 bits per heavy atom. The van der Waals surface area contributed by atoms with Crippen molar-refractivity contribution in [3.05, 3.63) is 157 Å². The van der Waals surface area contributed by atoms with Crippen LogP contribution in [0, 0.1) is 20.2 Å². The molecule has 0 fully saturated rings. The first kappa shape index (κ1) is 34.3. The summed E-state index contributed by atoms with van der Waals surface area (Å²) in [6.07, 6.45) is 0.191. The van der Waals surface area contributed by atoms with Crippen LogP contribution in [0.2, 0.25) is 10.0 Å². The van der Waals surface area contributed by atoms with E-state index in [2.05, 4.69) is 31.9 Å². The first-order chi connectivity index (χ1) is 23.5. The molecule has 15 heteroatoms. The molecule has 0 unspecified atom stereocenters. The number of halogens is 4. The van der Waals surface area contributed by atoms with Crippen LogP contribution in [0.5, 0.6) is 11.5 Å². The van der Waals surface area contributed by atoms with Gasteiger partial charge in [-0.1, -0.05) is 79.3 Å². The molecule has 2 aromatic heterocycles. The summed E-state index contributed by atoms with van der Waals surface area (Å²) < 4.78 is 17.4. The molecule has 0 amide bonds. The van der Waals surface area contributed by atoms with Crippen LogP contribution in [-0.4, -0.2) is 9.85 Å². The molecule has 0 radical (unpaired) electrons. The lowest BCUT2D eigenvalue weighted by Crippen LogP contribution is -2.12. The van der Waals surface area contributed by atoms with Crippen LogP contribution in [0.25, 0.3) is 21.9 Å². The summed E-state index contributed by atoms with van der Waals surface area (Å²) in [7, 11) is 0. The highest BCUT2D eigenvalue weighted by molar-refractivity contribution is 9.08. The van der Waals surface area contributed by atoms with Gasteiger partial charge in [0.25, 0.3) is 11.4 Å². The van der Waals surface area contributed by atoms with E-state index in [1.165, 1.54) is 36.4 Å². The van der Waals surface area contributed by atoms with Crippen LogP contribution >= 0.6 is 55.1 Å². The van der Waals surface area contributed by atoms with Gasteiger partial charge in [-0.3, -0.25) is 20.2 Å². The fourth-order valence-corrected chi connectivity index (χ4v) is 7.20. The lowest BCUT2D eigenvalue weighted by Gasteiger charge is -2.15. The van der Waals surface area contributed by atoms with Crippen molar-refractivity contribution in [3.8, 4) is 11.5 Å². The molecule has 0 saturated carbocycles. The molecule has 49 heavy (non-hydrogen) atoms. The lowest BCUT2D eigenvalue weighted by molar-refractivity contribution is -0.385. The van der Waals surface area contributed by atoms with E-state index in [1.54, 1.807) is 36.4 Å². The number of alkyl halides is 2. The number of non-ortho nitro benzene ring substituents is 2. The number of fused-ring (bicyclic) bond motifs is 2. The molecule has 248 valence electrons. The molecule has 0 saturated heterocycles. The monoisotopic (exact) mass is 828 g/mol. The van der Waals surface area contributed by atoms with E-state index in [4.69, 9.17) is 36.8 Å². The molecule has 6 aromatic rings. The third-order valence-corrected chi connectivity index (χ3v) is 9.55. The Balaban J connectivity index is 1.36. The van der Waals surface area contributed by atoms with Gasteiger partial charge < -0.3 is 13.6 Å². The van der Waals surface area contributed by atoms with E-state index in [0.717, 1.165) is 0 Å². The summed E-state index contributed by atoms with van der Waals surface area (Å²) in [5, 5.41) is 24.4. The Labute approximate surface area is 302 Å². The summed E-state index contributed by atoms with van der Waals surface area (Å²) in [5.74, 6) is 0.215. The molecule has 2 heterocycles. The zero-order valence-corrected chi connectivity index (χ0v) is 29.5. The highest BCUT2D eigenvalue weighted by Crippen LogP contribution is 2.40. The van der Waals surface area contributed by atoms with Crippen molar-refractivity contribution in [2.75, 3.05) is 0 Å². The van der Waals surface area contributed by atoms with Crippen molar-refractivity contribution < 1.29 is 23.4 Å². The predicted octanol–water partition coefficient (Wildman–Crippen LogP) is 9.79. The van der Waals surface area contributed by atoms with Gasteiger partial charge in [0.2, 0.25) is 0 Å². The molecule has 0 atom stereocenters. The van der Waals surface area contributed by atoms with Crippen molar-refractivity contribution in [3.63, 3.8) is 0 Å². The molecule has 6 rings (SSSR count). The van der Waals surface area contributed by atoms with Gasteiger partial charge >= 0.3 is 11.3 Å². The van der Waals surface area contributed by atoms with Crippen molar-refractivity contribution >= 4 is 88.4 Å². The molecule has 0 N–H and O–H groups in total. The molecule has 0 aliphatic rings. The maximum Gasteiger partial charge on any atom is 0.340 e. The molecule has 0 bridgehead atoms. The number of hydrogen-bond donors (Lipinski definition) is 0. The lowest BCUT2D eigenvalue weighted by atomic mass is 9.99. The third-order valence-electron chi connectivity index (χ3n) is 7.84. The Bertz CT molecular complexity index is 2280. The Kier molecular flexibility index (Phi) is 9.89. The smallest absolute Gasteiger partial charge is 0.340 e. The van der Waals surface area contributed by atoms with Crippen LogP contribution in [-0.2, 0) is 23.5 Å². The van der Waals surface area contributed by atoms with Crippen molar-refractivity contribution in [1.29, 1.82) is 0 Å². The quantitative estimate of drug-likeness (QED) is 0.0568. The summed E-state index contributed by atoms with van der Waals surface area (Å²) in [5.41, 5.74) is 1.86. The van der Waals surface area contributed by atoms with Crippen LogP contribution in [0.1, 0.15) is 33.4 Å². The number of nitro benzene ring substituents is 2. The summed E-state index contributed by atoms with van der Waals surface area (Å²) >= 11 is 20.2. The topological polar surface area (TPSA) is 156 Å². The molecular weight excluding hydrogens is 811 g/mol. The number of rotatable bonds is 10. The van der Waals surface area contributed by atoms with Crippen molar-refractivity contribution in [1.82, 2.24) is 0 Å². The molecular formula is C34H20Br2Cl2N2O9. The second-order valence-corrected chi connectivity index (χ2v) is 12.8. The van der Waals surface area contributed by atoms with E-state index < -0.39 is 21.1 Å². The molecule has 11 nitrogen and oxygen atoms in total. The maximum absolute atomic E-state index is 13.2. The minimum absolute atomic E-state index is 0.0936. The van der Waals surface area contributed by atoms with Gasteiger partial charge in [-0.2, -0.15) is 0 Å². The first-order valence-electron chi connectivity index (χ1n) is 14.3. The minimum atomic E-state index is -0.629. The Hall–Kier alpha value is -4.56. The molecule has 0 aliphatic carbocycles. The number of hydrogen-bond acceptors (Lipinski definition) is 9. The van der Waals surface area contributed by atoms with Gasteiger partial charge in [-0.05, 0) is 34.4 Å². The first-order valence-corrected chi connectivity index (χ1v) is 17.3. The van der Waals surface area contributed by atoms with Crippen molar-refractivity contribution in [2.24, 2.45) is 0 Å². The minimum Gasteiger partial charge on any atom is -0.454 e. The summed E-state index contributed by atoms with van der Waals surface area (Å²) in [4.78, 5) is 47.8. The zero-order valence-electron chi connectivity index (χ0n) is 24.8. The standard InChI is InChI=1S/C34H20Br2Cl2N2O9/c35-15-25-21-11-27(37)31(13-29(21)48-33(41)23(25)9-17-3-1-5-19(7-17)39(43)44)47-32-14-30-22(12-28(32)38)26(16-36)24(34(42)49-30)10-18-4-2-6-20(8-18)40(45)46/h1-8,11-14H,9-10,15-16H2. The van der Waals surface area contributed by atoms with E-state index in [1.807, 2.05) is 0 Å². The van der Waals surface area contributed by atoms with Gasteiger partial charge in [0.15, 0.2) is 0 Å². The third kappa shape index (κ3) is 6.97. The number of benzene rings is 4.